The first-order valence-electron chi connectivity index (χ1n) is 10.2. The van der Waals surface area contributed by atoms with Crippen molar-refractivity contribution in [2.45, 2.75) is 51.1 Å². The average molecular weight is 451 g/mol. The summed E-state index contributed by atoms with van der Waals surface area (Å²) < 4.78 is 27.2. The van der Waals surface area contributed by atoms with Crippen LogP contribution in [0.3, 0.4) is 0 Å². The minimum absolute atomic E-state index is 0.160. The minimum atomic E-state index is -0.609. The fourth-order valence-electron chi connectivity index (χ4n) is 4.05. The number of nitrogens with one attached hydrogen (secondary N) is 1. The lowest BCUT2D eigenvalue weighted by atomic mass is 9.84. The number of anilines is 1. The second kappa shape index (κ2) is 12.3. The van der Waals surface area contributed by atoms with Crippen LogP contribution in [0.15, 0.2) is 36.4 Å². The third-order valence-corrected chi connectivity index (χ3v) is 5.49. The third kappa shape index (κ3) is 6.69. The van der Waals surface area contributed by atoms with E-state index in [4.69, 9.17) is 9.90 Å². The zero-order chi connectivity index (χ0) is 22.8. The molecule has 0 aromatic heterocycles. The minimum Gasteiger partial charge on any atom is -0.483 e. The van der Waals surface area contributed by atoms with E-state index >= 15 is 0 Å². The van der Waals surface area contributed by atoms with Crippen molar-refractivity contribution in [3.05, 3.63) is 64.7 Å². The lowest BCUT2D eigenvalue weighted by Gasteiger charge is -2.22. The Hall–Kier alpha value is -2.61. The summed E-state index contributed by atoms with van der Waals surface area (Å²) in [5.41, 5.74) is 2.98. The van der Waals surface area contributed by atoms with Crippen LogP contribution in [0, 0.1) is 11.6 Å². The third-order valence-electron chi connectivity index (χ3n) is 5.49. The zero-order valence-corrected chi connectivity index (χ0v) is 18.4. The van der Waals surface area contributed by atoms with E-state index in [1.165, 1.54) is 48.6 Å². The Morgan fingerprint density at radius 3 is 2.32 bits per heavy atom. The Morgan fingerprint density at radius 1 is 1.10 bits per heavy atom. The van der Waals surface area contributed by atoms with Crippen LogP contribution in [0.1, 0.15) is 54.7 Å². The highest BCUT2D eigenvalue weighted by Gasteiger charge is 2.26. The number of halogens is 2. The number of carboxylic acid groups (broad SMARTS) is 1. The fourth-order valence-corrected chi connectivity index (χ4v) is 4.05. The molecule has 2 amide bonds. The van der Waals surface area contributed by atoms with Gasteiger partial charge in [-0.1, -0.05) is 31.4 Å². The molecule has 0 radical (unpaired) electrons. The Balaban J connectivity index is 0.000000630. The topological polar surface area (TPSA) is 69.6 Å². The molecule has 2 aromatic rings. The number of nitrogens with zero attached hydrogens (tertiary/aromatic N) is 1. The molecule has 0 unspecified atom stereocenters. The first-order chi connectivity index (χ1) is 15.0. The van der Waals surface area contributed by atoms with E-state index in [1.54, 1.807) is 6.26 Å². The van der Waals surface area contributed by atoms with Gasteiger partial charge in [-0.05, 0) is 54.3 Å². The van der Waals surface area contributed by atoms with E-state index in [2.05, 4.69) is 30.1 Å². The van der Waals surface area contributed by atoms with Crippen LogP contribution in [-0.2, 0) is 17.9 Å². The molecule has 0 atom stereocenters. The van der Waals surface area contributed by atoms with Crippen molar-refractivity contribution in [1.29, 1.82) is 0 Å². The highest BCUT2D eigenvalue weighted by atomic mass is 32.1. The van der Waals surface area contributed by atoms with Gasteiger partial charge in [-0.25, -0.2) is 13.6 Å². The Labute approximate surface area is 186 Å². The van der Waals surface area contributed by atoms with Gasteiger partial charge in [0.2, 0.25) is 0 Å². The monoisotopic (exact) mass is 450 g/mol. The smallest absolute Gasteiger partial charge is 0.322 e. The van der Waals surface area contributed by atoms with Gasteiger partial charge in [0.25, 0.3) is 6.47 Å². The van der Waals surface area contributed by atoms with Crippen LogP contribution in [0.5, 0.6) is 0 Å². The highest BCUT2D eigenvalue weighted by molar-refractivity contribution is 7.79. The van der Waals surface area contributed by atoms with Gasteiger partial charge in [0, 0.05) is 23.9 Å². The maximum Gasteiger partial charge on any atom is 0.322 e. The molecule has 5 nitrogen and oxygen atoms in total. The van der Waals surface area contributed by atoms with Crippen molar-refractivity contribution >= 4 is 30.8 Å². The summed E-state index contributed by atoms with van der Waals surface area (Å²) in [7, 11) is 0. The molecule has 0 saturated heterocycles. The van der Waals surface area contributed by atoms with E-state index in [9.17, 15) is 13.6 Å². The van der Waals surface area contributed by atoms with Crippen molar-refractivity contribution in [3.8, 4) is 0 Å². The molecule has 2 N–H and O–H groups in total. The summed E-state index contributed by atoms with van der Waals surface area (Å²) in [4.78, 5) is 22.3. The van der Waals surface area contributed by atoms with Crippen LogP contribution in [0.4, 0.5) is 19.3 Å². The lowest BCUT2D eigenvalue weighted by molar-refractivity contribution is -0.122. The summed E-state index contributed by atoms with van der Waals surface area (Å²) in [6.45, 7) is 0.128. The lowest BCUT2D eigenvalue weighted by Crippen LogP contribution is -2.30. The molecule has 0 bridgehead atoms. The molecule has 2 aromatic carbocycles. The van der Waals surface area contributed by atoms with Gasteiger partial charge in [-0.2, -0.15) is 12.6 Å². The van der Waals surface area contributed by atoms with Crippen LogP contribution in [0.25, 0.3) is 0 Å². The zero-order valence-electron chi connectivity index (χ0n) is 17.5. The van der Waals surface area contributed by atoms with Gasteiger partial charge in [0.15, 0.2) is 0 Å². The van der Waals surface area contributed by atoms with Gasteiger partial charge in [0.05, 0.1) is 6.54 Å². The number of benzene rings is 2. The number of thiol groups is 1. The standard InChI is InChI=1S/C21H22F2N2O.CH2O2.CH4S/c22-17-10-16-12-25(13-19(16)20(23)11-17)21(26)24-18-8-6-15(7-9-18)14-4-2-1-3-5-14;2-1-3;1-2/h6-11,14H,1-5,12-13H2,(H,24,26);1H,(H,2,3);2H,1H3. The summed E-state index contributed by atoms with van der Waals surface area (Å²) in [6.07, 6.45) is 8.07. The molecule has 2 aliphatic rings. The van der Waals surface area contributed by atoms with Crippen LogP contribution >= 0.6 is 12.6 Å². The summed E-state index contributed by atoms with van der Waals surface area (Å²) in [5.74, 6) is -0.576. The molecule has 8 heteroatoms. The van der Waals surface area contributed by atoms with Crippen molar-refractivity contribution < 1.29 is 23.5 Å². The van der Waals surface area contributed by atoms with Crippen LogP contribution in [-0.4, -0.2) is 28.8 Å². The van der Waals surface area contributed by atoms with Crippen molar-refractivity contribution in [1.82, 2.24) is 4.90 Å². The molecule has 4 rings (SSSR count). The van der Waals surface area contributed by atoms with Crippen LogP contribution < -0.4 is 5.32 Å². The molecule has 0 spiro atoms. The summed E-state index contributed by atoms with van der Waals surface area (Å²) >= 11 is 3.53. The predicted molar refractivity (Wildman–Crippen MR) is 120 cm³/mol. The van der Waals surface area contributed by atoms with Crippen molar-refractivity contribution in [2.24, 2.45) is 0 Å². The first-order valence-corrected chi connectivity index (χ1v) is 11.1. The molecule has 31 heavy (non-hydrogen) atoms. The number of fused-ring (bicyclic) bond motifs is 1. The number of hydrogen-bond donors (Lipinski definition) is 3. The van der Waals surface area contributed by atoms with E-state index in [-0.39, 0.29) is 25.6 Å². The van der Waals surface area contributed by atoms with E-state index < -0.39 is 11.6 Å². The van der Waals surface area contributed by atoms with E-state index in [1.807, 2.05) is 12.1 Å². The Kier molecular flexibility index (Phi) is 9.78. The molecular weight excluding hydrogens is 422 g/mol. The van der Waals surface area contributed by atoms with Gasteiger partial charge in [0.1, 0.15) is 11.6 Å². The van der Waals surface area contributed by atoms with Crippen molar-refractivity contribution in [3.63, 3.8) is 0 Å². The normalized spacial score (nSPS) is 15.0. The fraction of sp³-hybridized carbons (Fsp3) is 0.391. The highest BCUT2D eigenvalue weighted by Crippen LogP contribution is 2.33. The molecule has 1 fully saturated rings. The maximum atomic E-state index is 13.8. The van der Waals surface area contributed by atoms with Crippen LogP contribution in [0.2, 0.25) is 0 Å². The molecule has 1 aliphatic carbocycles. The maximum absolute atomic E-state index is 13.8. The Bertz CT molecular complexity index is 872. The first kappa shape index (κ1) is 24.7. The van der Waals surface area contributed by atoms with Gasteiger partial charge in [-0.3, -0.25) is 4.79 Å². The number of carbonyl (C=O) groups is 2. The number of carbonyl (C=O) groups excluding carboxylic acids is 1. The van der Waals surface area contributed by atoms with Gasteiger partial charge in [-0.15, -0.1) is 0 Å². The molecular formula is C23H28F2N2O3S. The summed E-state index contributed by atoms with van der Waals surface area (Å²) in [6, 6.07) is 9.87. The molecule has 1 heterocycles. The van der Waals surface area contributed by atoms with E-state index in [0.717, 1.165) is 11.8 Å². The van der Waals surface area contributed by atoms with Crippen molar-refractivity contribution in [2.75, 3.05) is 11.6 Å². The number of rotatable bonds is 2. The quantitative estimate of drug-likeness (QED) is 0.400. The number of amides is 2. The average Bonchev–Trinajstić information content (AvgIpc) is 3.22. The Morgan fingerprint density at radius 2 is 1.71 bits per heavy atom. The van der Waals surface area contributed by atoms with Gasteiger partial charge < -0.3 is 15.3 Å². The molecule has 1 aliphatic heterocycles. The largest absolute Gasteiger partial charge is 0.483 e. The molecule has 168 valence electrons. The molecule has 1 saturated carbocycles. The predicted octanol–water partition coefficient (Wildman–Crippen LogP) is 5.81. The second-order valence-electron chi connectivity index (χ2n) is 7.37. The second-order valence-corrected chi connectivity index (χ2v) is 7.37. The van der Waals surface area contributed by atoms with Gasteiger partial charge >= 0.3 is 6.03 Å². The van der Waals surface area contributed by atoms with E-state index in [0.29, 0.717) is 17.0 Å². The SMILES string of the molecule is CS.O=C(Nc1ccc(C2CCCCC2)cc1)N1Cc2cc(F)cc(F)c2C1.O=CO. The number of urea groups is 1. The summed E-state index contributed by atoms with van der Waals surface area (Å²) in [5, 5.41) is 9.74. The number of hydrogen-bond acceptors (Lipinski definition) is 3.